The summed E-state index contributed by atoms with van der Waals surface area (Å²) in [5.41, 5.74) is 1.27. The molecule has 1 fully saturated rings. The number of hydrogen-bond donors (Lipinski definition) is 1. The molecule has 6 rings (SSSR count). The number of likely N-dealkylation sites (N-methyl/N-ethyl adjacent to an activating group) is 1. The smallest absolute Gasteiger partial charge is 0.240 e. The molecule has 1 aliphatic heterocycles. The number of carbonyl (C=O) groups is 1. The van der Waals surface area contributed by atoms with Crippen molar-refractivity contribution in [1.82, 2.24) is 34.6 Å². The predicted molar refractivity (Wildman–Crippen MR) is 148 cm³/mol. The lowest BCUT2D eigenvalue weighted by atomic mass is 10.3. The summed E-state index contributed by atoms with van der Waals surface area (Å²) in [5.74, 6) is -1.45. The van der Waals surface area contributed by atoms with E-state index in [9.17, 15) is 13.6 Å². The number of hydrogen-bond acceptors (Lipinski definition) is 10. The Morgan fingerprint density at radius 2 is 1.80 bits per heavy atom. The summed E-state index contributed by atoms with van der Waals surface area (Å²) < 4.78 is 35.0. The highest BCUT2D eigenvalue weighted by atomic mass is 32.2. The molecule has 40 heavy (non-hydrogen) atoms. The van der Waals surface area contributed by atoms with Crippen LogP contribution in [0.3, 0.4) is 0 Å². The van der Waals surface area contributed by atoms with E-state index in [1.54, 1.807) is 12.1 Å². The molecule has 1 amide bonds. The van der Waals surface area contributed by atoms with E-state index in [4.69, 9.17) is 4.74 Å². The quantitative estimate of drug-likeness (QED) is 0.283. The zero-order valence-corrected chi connectivity index (χ0v) is 23.0. The van der Waals surface area contributed by atoms with Gasteiger partial charge in [-0.1, -0.05) is 18.3 Å². The molecule has 1 saturated heterocycles. The van der Waals surface area contributed by atoms with Gasteiger partial charge in [0, 0.05) is 55.3 Å². The van der Waals surface area contributed by atoms with Crippen molar-refractivity contribution in [3.8, 4) is 11.6 Å². The van der Waals surface area contributed by atoms with Gasteiger partial charge < -0.3 is 15.0 Å². The molecule has 206 valence electrons. The average molecular weight is 583 g/mol. The lowest BCUT2D eigenvalue weighted by molar-refractivity contribution is -0.117. The maximum absolute atomic E-state index is 13.5. The Balaban J connectivity index is 1.14. The molecule has 4 heterocycles. The van der Waals surface area contributed by atoms with Gasteiger partial charge >= 0.3 is 0 Å². The largest absolute Gasteiger partial charge is 0.437 e. The number of ether oxygens (including phenoxy) is 1. The van der Waals surface area contributed by atoms with Crippen molar-refractivity contribution in [2.75, 3.05) is 44.6 Å². The normalized spacial score (nSPS) is 14.7. The van der Waals surface area contributed by atoms with Crippen LogP contribution in [0.1, 0.15) is 6.92 Å². The first-order valence-corrected chi connectivity index (χ1v) is 14.2. The molecule has 1 N–H and O–H groups in total. The summed E-state index contributed by atoms with van der Waals surface area (Å²) >= 11 is 2.74. The Labute approximate surface area is 236 Å². The minimum Gasteiger partial charge on any atom is -0.437 e. The summed E-state index contributed by atoms with van der Waals surface area (Å²) in [5, 5.41) is 16.7. The maximum atomic E-state index is 13.5. The summed E-state index contributed by atoms with van der Waals surface area (Å²) in [6, 6.07) is 11.9. The molecule has 0 bridgehead atoms. The van der Waals surface area contributed by atoms with Crippen LogP contribution in [0.2, 0.25) is 0 Å². The molecule has 10 nitrogen and oxygen atoms in total. The fourth-order valence-corrected chi connectivity index (χ4v) is 6.15. The van der Waals surface area contributed by atoms with Gasteiger partial charge in [-0.2, -0.15) is 4.52 Å². The van der Waals surface area contributed by atoms with Crippen molar-refractivity contribution in [1.29, 1.82) is 0 Å². The van der Waals surface area contributed by atoms with E-state index in [1.165, 1.54) is 27.6 Å². The second-order valence-electron chi connectivity index (χ2n) is 9.14. The summed E-state index contributed by atoms with van der Waals surface area (Å²) in [4.78, 5) is 22.6. The van der Waals surface area contributed by atoms with E-state index in [2.05, 4.69) is 42.3 Å². The number of fused-ring (bicyclic) bond motifs is 2. The van der Waals surface area contributed by atoms with Crippen molar-refractivity contribution < 1.29 is 18.3 Å². The zero-order chi connectivity index (χ0) is 27.6. The molecule has 0 radical (unpaired) electrons. The number of amides is 1. The topological polar surface area (TPSA) is 101 Å². The number of aromatic nitrogens is 5. The number of benzene rings is 2. The highest BCUT2D eigenvalue weighted by molar-refractivity contribution is 7.99. The van der Waals surface area contributed by atoms with Gasteiger partial charge in [-0.15, -0.1) is 15.3 Å². The van der Waals surface area contributed by atoms with Gasteiger partial charge in [-0.3, -0.25) is 9.69 Å². The summed E-state index contributed by atoms with van der Waals surface area (Å²) in [6.45, 7) is 7.24. The first-order valence-electron chi connectivity index (χ1n) is 12.6. The van der Waals surface area contributed by atoms with Crippen molar-refractivity contribution in [2.24, 2.45) is 0 Å². The molecule has 0 spiro atoms. The Kier molecular flexibility index (Phi) is 7.56. The van der Waals surface area contributed by atoms with E-state index in [-0.39, 0.29) is 17.5 Å². The summed E-state index contributed by atoms with van der Waals surface area (Å²) in [6.07, 6.45) is 0. The number of rotatable bonds is 8. The van der Waals surface area contributed by atoms with Crippen LogP contribution in [0.5, 0.6) is 11.6 Å². The van der Waals surface area contributed by atoms with E-state index in [0.717, 1.165) is 66.0 Å². The molecule has 0 atom stereocenters. The van der Waals surface area contributed by atoms with Crippen LogP contribution in [0.4, 0.5) is 13.9 Å². The van der Waals surface area contributed by atoms with Crippen LogP contribution >= 0.6 is 23.1 Å². The Morgan fingerprint density at radius 3 is 2.58 bits per heavy atom. The van der Waals surface area contributed by atoms with Gasteiger partial charge in [0.05, 0.1) is 16.8 Å². The zero-order valence-electron chi connectivity index (χ0n) is 21.4. The SMILES string of the molecule is CCN1CCN(CC(=O)Nc2nc3ccc(Sc4nnc5ccc(Oc6cc(F)cc(F)c6)nn45)cc3s2)CC1. The first kappa shape index (κ1) is 26.5. The predicted octanol–water partition coefficient (Wildman–Crippen LogP) is 4.53. The monoisotopic (exact) mass is 582 g/mol. The van der Waals surface area contributed by atoms with Gasteiger partial charge in [-0.25, -0.2) is 13.8 Å². The summed E-state index contributed by atoms with van der Waals surface area (Å²) in [7, 11) is 0. The third-order valence-electron chi connectivity index (χ3n) is 6.36. The molecule has 2 aromatic carbocycles. The number of halogens is 2. The number of nitrogens with zero attached hydrogens (tertiary/aromatic N) is 7. The molecule has 5 aromatic rings. The van der Waals surface area contributed by atoms with E-state index in [1.807, 2.05) is 18.2 Å². The Morgan fingerprint density at radius 1 is 1.02 bits per heavy atom. The molecule has 1 aliphatic rings. The van der Waals surface area contributed by atoms with Crippen LogP contribution in [-0.4, -0.2) is 79.8 Å². The van der Waals surface area contributed by atoms with Gasteiger partial charge in [-0.05, 0) is 42.6 Å². The molecule has 3 aromatic heterocycles. The number of nitrogens with one attached hydrogen (secondary N) is 1. The van der Waals surface area contributed by atoms with Crippen LogP contribution in [0, 0.1) is 11.6 Å². The first-order chi connectivity index (χ1) is 19.4. The highest BCUT2D eigenvalue weighted by Gasteiger charge is 2.19. The van der Waals surface area contributed by atoms with Crippen molar-refractivity contribution >= 4 is 50.0 Å². The van der Waals surface area contributed by atoms with E-state index < -0.39 is 11.6 Å². The van der Waals surface area contributed by atoms with Gasteiger partial charge in [0.2, 0.25) is 16.9 Å². The maximum Gasteiger partial charge on any atom is 0.240 e. The lowest BCUT2D eigenvalue weighted by Crippen LogP contribution is -2.48. The third-order valence-corrected chi connectivity index (χ3v) is 8.22. The number of anilines is 1. The van der Waals surface area contributed by atoms with E-state index >= 15 is 0 Å². The van der Waals surface area contributed by atoms with Crippen LogP contribution in [0.15, 0.2) is 58.6 Å². The van der Waals surface area contributed by atoms with Gasteiger partial charge in [0.25, 0.3) is 0 Å². The highest BCUT2D eigenvalue weighted by Crippen LogP contribution is 2.33. The third kappa shape index (κ3) is 6.04. The number of thiazole rings is 1. The molecule has 0 unspecified atom stereocenters. The standard InChI is InChI=1S/C26H24F2N8O2S2/c1-2-34-7-9-35(10-8-34)15-23(37)30-25-29-20-4-3-19(14-21(20)40-25)39-26-32-31-22-5-6-24(33-36(22)26)38-18-12-16(27)11-17(28)13-18/h3-6,11-14H,2,7-10,15H2,1H3,(H,29,30,37). The van der Waals surface area contributed by atoms with Crippen LogP contribution < -0.4 is 10.1 Å². The van der Waals surface area contributed by atoms with Gasteiger partial charge in [0.1, 0.15) is 17.4 Å². The van der Waals surface area contributed by atoms with E-state index in [0.29, 0.717) is 22.5 Å². The fourth-order valence-electron chi connectivity index (χ4n) is 4.33. The second-order valence-corrected chi connectivity index (χ2v) is 11.2. The number of piperazine rings is 1. The molecule has 14 heteroatoms. The average Bonchev–Trinajstić information content (AvgIpc) is 3.51. The van der Waals surface area contributed by atoms with Crippen molar-refractivity contribution in [3.05, 3.63) is 60.2 Å². The molecular formula is C26H24F2N8O2S2. The van der Waals surface area contributed by atoms with Crippen molar-refractivity contribution in [3.63, 3.8) is 0 Å². The fraction of sp³-hybridized carbons (Fsp3) is 0.269. The number of carbonyl (C=O) groups excluding carboxylic acids is 1. The minimum atomic E-state index is -0.747. The molecular weight excluding hydrogens is 558 g/mol. The molecule has 0 saturated carbocycles. The second kappa shape index (κ2) is 11.4. The Hall–Kier alpha value is -3.72. The minimum absolute atomic E-state index is 0.00997. The Bertz CT molecular complexity index is 1670. The van der Waals surface area contributed by atoms with Crippen LogP contribution in [0.25, 0.3) is 15.9 Å². The lowest BCUT2D eigenvalue weighted by Gasteiger charge is -2.33. The van der Waals surface area contributed by atoms with Gasteiger partial charge in [0.15, 0.2) is 10.8 Å². The van der Waals surface area contributed by atoms with Crippen LogP contribution in [-0.2, 0) is 4.79 Å². The molecule has 0 aliphatic carbocycles. The van der Waals surface area contributed by atoms with Crippen molar-refractivity contribution in [2.45, 2.75) is 17.0 Å².